The monoisotopic (exact) mass is 619 g/mol. The van der Waals surface area contributed by atoms with Crippen molar-refractivity contribution in [3.63, 3.8) is 0 Å². The molecule has 0 saturated carbocycles. The number of hydrogen-bond acceptors (Lipinski definition) is 6. The molecule has 4 aromatic heterocycles. The first-order valence-corrected chi connectivity index (χ1v) is 16.2. The fraction of sp³-hybridized carbons (Fsp3) is 0. The lowest BCUT2D eigenvalue weighted by Gasteiger charge is -2.10. The summed E-state index contributed by atoms with van der Waals surface area (Å²) in [6.45, 7) is 0. The Morgan fingerprint density at radius 1 is 0.404 bits per heavy atom. The molecule has 220 valence electrons. The molecule has 0 radical (unpaired) electrons. The van der Waals surface area contributed by atoms with Crippen LogP contribution in [0.1, 0.15) is 0 Å². The van der Waals surface area contributed by atoms with E-state index in [1.165, 1.54) is 10.1 Å². The number of nitrogens with zero attached hydrogens (tertiary/aromatic N) is 5. The highest BCUT2D eigenvalue weighted by atomic mass is 32.1. The van der Waals surface area contributed by atoms with Crippen LogP contribution in [-0.4, -0.2) is 24.9 Å². The van der Waals surface area contributed by atoms with Crippen molar-refractivity contribution >= 4 is 42.5 Å². The van der Waals surface area contributed by atoms with E-state index >= 15 is 0 Å². The highest BCUT2D eigenvalue weighted by molar-refractivity contribution is 7.25. The lowest BCUT2D eigenvalue weighted by atomic mass is 9.98. The van der Waals surface area contributed by atoms with Gasteiger partial charge in [-0.2, -0.15) is 0 Å². The van der Waals surface area contributed by atoms with Crippen molar-refractivity contribution in [3.05, 3.63) is 152 Å². The number of fused-ring (bicyclic) bond motifs is 4. The predicted molar refractivity (Wildman–Crippen MR) is 193 cm³/mol. The van der Waals surface area contributed by atoms with Gasteiger partial charge in [0.05, 0.1) is 16.9 Å². The number of hydrogen-bond donors (Lipinski definition) is 0. The smallest absolute Gasteiger partial charge is 0.164 e. The largest absolute Gasteiger partial charge is 0.246 e. The minimum absolute atomic E-state index is 0.635. The molecule has 0 N–H and O–H groups in total. The van der Waals surface area contributed by atoms with E-state index in [4.69, 9.17) is 24.9 Å². The molecule has 0 aliphatic rings. The molecule has 6 heteroatoms. The summed E-state index contributed by atoms with van der Waals surface area (Å²) in [7, 11) is 0. The number of benzene rings is 5. The van der Waals surface area contributed by atoms with Gasteiger partial charge in [0.25, 0.3) is 0 Å². The van der Waals surface area contributed by atoms with Gasteiger partial charge in [-0.1, -0.05) is 115 Å². The number of thiophene rings is 1. The Bertz CT molecular complexity index is 2520. The van der Waals surface area contributed by atoms with E-state index in [0.717, 1.165) is 60.3 Å². The first kappa shape index (κ1) is 27.2. The quantitative estimate of drug-likeness (QED) is 0.192. The van der Waals surface area contributed by atoms with E-state index < -0.39 is 0 Å². The summed E-state index contributed by atoms with van der Waals surface area (Å²) in [5.41, 5.74) is 7.78. The first-order chi connectivity index (χ1) is 23.3. The summed E-state index contributed by atoms with van der Waals surface area (Å²) in [5, 5.41) is 3.45. The number of aromatic nitrogens is 5. The molecular formula is C41H25N5S. The van der Waals surface area contributed by atoms with Crippen LogP contribution in [0.5, 0.6) is 0 Å². The molecule has 0 spiro atoms. The van der Waals surface area contributed by atoms with Gasteiger partial charge in [-0.15, -0.1) is 11.3 Å². The molecule has 5 nitrogen and oxygen atoms in total. The fourth-order valence-corrected chi connectivity index (χ4v) is 7.16. The van der Waals surface area contributed by atoms with Crippen LogP contribution < -0.4 is 0 Å². The van der Waals surface area contributed by atoms with Crippen molar-refractivity contribution < 1.29 is 0 Å². The van der Waals surface area contributed by atoms with Gasteiger partial charge in [0.15, 0.2) is 17.5 Å². The van der Waals surface area contributed by atoms with Crippen LogP contribution in [-0.2, 0) is 0 Å². The maximum Gasteiger partial charge on any atom is 0.164 e. The molecule has 0 aliphatic heterocycles. The summed E-state index contributed by atoms with van der Waals surface area (Å²) < 4.78 is 1.19. The van der Waals surface area contributed by atoms with Crippen LogP contribution in [0, 0.1) is 0 Å². The Morgan fingerprint density at radius 2 is 1.00 bits per heavy atom. The Hall–Kier alpha value is -6.11. The Kier molecular flexibility index (Phi) is 6.58. The molecule has 47 heavy (non-hydrogen) atoms. The third kappa shape index (κ3) is 5.01. The van der Waals surface area contributed by atoms with E-state index in [2.05, 4.69) is 66.7 Å². The van der Waals surface area contributed by atoms with Crippen molar-refractivity contribution in [2.75, 3.05) is 0 Å². The van der Waals surface area contributed by atoms with E-state index in [0.29, 0.717) is 17.5 Å². The van der Waals surface area contributed by atoms with Crippen LogP contribution in [0.2, 0.25) is 0 Å². The maximum atomic E-state index is 5.10. The summed E-state index contributed by atoms with van der Waals surface area (Å²) in [6, 6.07) is 51.7. The topological polar surface area (TPSA) is 64.5 Å². The van der Waals surface area contributed by atoms with Crippen molar-refractivity contribution in [1.82, 2.24) is 24.9 Å². The lowest BCUT2D eigenvalue weighted by Crippen LogP contribution is -2.00. The van der Waals surface area contributed by atoms with Gasteiger partial charge in [0.1, 0.15) is 4.83 Å². The van der Waals surface area contributed by atoms with Gasteiger partial charge in [-0.25, -0.2) is 24.9 Å². The molecule has 0 bridgehead atoms. The zero-order valence-electron chi connectivity index (χ0n) is 25.1. The molecule has 0 atom stereocenters. The van der Waals surface area contributed by atoms with E-state index in [9.17, 15) is 0 Å². The Morgan fingerprint density at radius 3 is 1.77 bits per heavy atom. The second kappa shape index (κ2) is 11.4. The van der Waals surface area contributed by atoms with Gasteiger partial charge < -0.3 is 0 Å². The van der Waals surface area contributed by atoms with Crippen LogP contribution in [0.15, 0.2) is 152 Å². The summed E-state index contributed by atoms with van der Waals surface area (Å²) in [4.78, 5) is 25.8. The maximum absolute atomic E-state index is 5.10. The summed E-state index contributed by atoms with van der Waals surface area (Å²) >= 11 is 1.71. The van der Waals surface area contributed by atoms with Crippen molar-refractivity contribution in [1.29, 1.82) is 0 Å². The van der Waals surface area contributed by atoms with Crippen LogP contribution in [0.3, 0.4) is 0 Å². The molecule has 4 heterocycles. The minimum atomic E-state index is 0.635. The second-order valence-corrected chi connectivity index (χ2v) is 12.4. The van der Waals surface area contributed by atoms with Gasteiger partial charge in [0, 0.05) is 37.5 Å². The third-order valence-corrected chi connectivity index (χ3v) is 9.42. The van der Waals surface area contributed by atoms with E-state index in [-0.39, 0.29) is 0 Å². The zero-order valence-corrected chi connectivity index (χ0v) is 25.9. The van der Waals surface area contributed by atoms with E-state index in [1.54, 1.807) is 11.3 Å². The molecular weight excluding hydrogens is 595 g/mol. The van der Waals surface area contributed by atoms with Crippen molar-refractivity contribution in [2.45, 2.75) is 0 Å². The van der Waals surface area contributed by atoms with Gasteiger partial charge in [0.2, 0.25) is 0 Å². The number of pyridine rings is 2. The highest BCUT2D eigenvalue weighted by Crippen LogP contribution is 2.41. The van der Waals surface area contributed by atoms with Crippen molar-refractivity contribution in [2.24, 2.45) is 0 Å². The third-order valence-electron chi connectivity index (χ3n) is 8.35. The number of rotatable bonds is 5. The molecule has 9 rings (SSSR count). The molecule has 5 aromatic carbocycles. The molecule has 0 amide bonds. The molecule has 0 saturated heterocycles. The average molecular weight is 620 g/mol. The van der Waals surface area contributed by atoms with Gasteiger partial charge in [-0.05, 0) is 47.5 Å². The Labute approximate surface area is 275 Å². The van der Waals surface area contributed by atoms with Crippen LogP contribution >= 0.6 is 11.3 Å². The van der Waals surface area contributed by atoms with Crippen LogP contribution in [0.4, 0.5) is 0 Å². The van der Waals surface area contributed by atoms with Crippen LogP contribution in [0.25, 0.3) is 87.9 Å². The molecule has 9 aromatic rings. The molecule has 0 fully saturated rings. The predicted octanol–water partition coefficient (Wildman–Crippen LogP) is 10.5. The van der Waals surface area contributed by atoms with Gasteiger partial charge in [-0.3, -0.25) is 0 Å². The number of para-hydroxylation sites is 1. The standard InChI is InChI=1S/C41H25N5S/c1-3-12-27(13-4-1)38-44-39(28-14-5-2-6-15-28)46-40(45-38)30-17-9-16-29(25-30)31-18-10-20-36-37(31)32-22-24-35(43-41(32)47-36)34-23-21-26-11-7-8-19-33(26)42-34/h1-25H. The summed E-state index contributed by atoms with van der Waals surface area (Å²) in [5.74, 6) is 1.93. The first-order valence-electron chi connectivity index (χ1n) is 15.4. The normalized spacial score (nSPS) is 11.4. The minimum Gasteiger partial charge on any atom is -0.246 e. The summed E-state index contributed by atoms with van der Waals surface area (Å²) in [6.07, 6.45) is 0. The second-order valence-electron chi connectivity index (χ2n) is 11.3. The average Bonchev–Trinajstić information content (AvgIpc) is 3.53. The van der Waals surface area contributed by atoms with Gasteiger partial charge >= 0.3 is 0 Å². The molecule has 0 unspecified atom stereocenters. The Balaban J connectivity index is 1.16. The van der Waals surface area contributed by atoms with Crippen molar-refractivity contribution in [3.8, 4) is 56.7 Å². The fourth-order valence-electron chi connectivity index (χ4n) is 6.06. The zero-order chi connectivity index (χ0) is 31.2. The highest BCUT2D eigenvalue weighted by Gasteiger charge is 2.16. The van der Waals surface area contributed by atoms with E-state index in [1.807, 2.05) is 84.9 Å². The SMILES string of the molecule is c1ccc(-c2nc(-c3ccccc3)nc(-c3cccc(-c4cccc5sc6nc(-c7ccc8ccccc8n7)ccc6c45)c3)n2)cc1. The lowest BCUT2D eigenvalue weighted by molar-refractivity contribution is 1.07. The molecule has 0 aliphatic carbocycles.